The summed E-state index contributed by atoms with van der Waals surface area (Å²) in [6.45, 7) is 0.836. The molecule has 2 aromatic rings. The van der Waals surface area contributed by atoms with Gasteiger partial charge in [0.25, 0.3) is 10.0 Å². The first kappa shape index (κ1) is 23.9. The normalized spacial score (nSPS) is 19.1. The van der Waals surface area contributed by atoms with E-state index in [1.165, 1.54) is 29.0 Å². The fourth-order valence-electron chi connectivity index (χ4n) is 3.56. The number of hydrogen-bond donors (Lipinski definition) is 2. The average molecular weight is 466 g/mol. The van der Waals surface area contributed by atoms with Crippen LogP contribution in [0.15, 0.2) is 41.8 Å². The van der Waals surface area contributed by atoms with E-state index in [-0.39, 0.29) is 54.6 Å². The Bertz CT molecular complexity index is 1040. The summed E-state index contributed by atoms with van der Waals surface area (Å²) < 4.78 is 41.8. The number of carbonyl (C=O) groups excluding carboxylic acids is 2. The summed E-state index contributed by atoms with van der Waals surface area (Å²) in [6, 6.07) is 5.88. The van der Waals surface area contributed by atoms with E-state index in [1.54, 1.807) is 23.7 Å². The first-order chi connectivity index (χ1) is 15.3. The molecule has 0 radical (unpaired) electrons. The molecule has 1 aromatic heterocycles. The molecular weight excluding hydrogens is 437 g/mol. The number of amides is 2. The fraction of sp³-hybridized carbons (Fsp3) is 0.476. The largest absolute Gasteiger partial charge is 0.356 e. The third kappa shape index (κ3) is 6.36. The van der Waals surface area contributed by atoms with E-state index in [0.717, 1.165) is 5.56 Å². The molecule has 0 aliphatic carbocycles. The number of nitrogens with one attached hydrogen (secondary N) is 2. The molecule has 1 aliphatic rings. The van der Waals surface area contributed by atoms with Crippen molar-refractivity contribution >= 4 is 21.8 Å². The molecule has 32 heavy (non-hydrogen) atoms. The summed E-state index contributed by atoms with van der Waals surface area (Å²) in [5, 5.41) is 5.54. The van der Waals surface area contributed by atoms with Crippen LogP contribution >= 0.6 is 0 Å². The molecule has 11 heteroatoms. The zero-order valence-corrected chi connectivity index (χ0v) is 18.8. The van der Waals surface area contributed by atoms with E-state index in [0.29, 0.717) is 25.8 Å². The van der Waals surface area contributed by atoms with Gasteiger partial charge < -0.3 is 15.2 Å². The lowest BCUT2D eigenvalue weighted by Crippen LogP contribution is -2.36. The Kier molecular flexibility index (Phi) is 7.97. The number of carbonyl (C=O) groups is 2. The van der Waals surface area contributed by atoms with Gasteiger partial charge in [0, 0.05) is 51.8 Å². The Morgan fingerprint density at radius 3 is 2.69 bits per heavy atom. The fourth-order valence-corrected chi connectivity index (χ4v) is 5.01. The van der Waals surface area contributed by atoms with Crippen molar-refractivity contribution in [1.29, 1.82) is 0 Å². The van der Waals surface area contributed by atoms with Gasteiger partial charge in [0.05, 0.1) is 6.33 Å². The SMILES string of the molecule is Cn1cnc(S(=O)(=O)N2CCCC(C(=O)NCc3ccc(F)cc3)CCNC(=O)CC2)c1. The number of sulfonamides is 1. The van der Waals surface area contributed by atoms with Crippen LogP contribution in [0.25, 0.3) is 0 Å². The van der Waals surface area contributed by atoms with Crippen LogP contribution in [-0.4, -0.2) is 53.7 Å². The van der Waals surface area contributed by atoms with Gasteiger partial charge in [-0.25, -0.2) is 17.8 Å². The molecule has 3 rings (SSSR count). The second-order valence-electron chi connectivity index (χ2n) is 7.85. The van der Waals surface area contributed by atoms with Gasteiger partial charge in [-0.2, -0.15) is 4.31 Å². The number of hydrogen-bond acceptors (Lipinski definition) is 5. The van der Waals surface area contributed by atoms with Crippen molar-refractivity contribution in [2.75, 3.05) is 19.6 Å². The highest BCUT2D eigenvalue weighted by Gasteiger charge is 2.28. The van der Waals surface area contributed by atoms with Crippen LogP contribution < -0.4 is 10.6 Å². The molecule has 1 atom stereocenters. The average Bonchev–Trinajstić information content (AvgIpc) is 3.19. The molecule has 0 spiro atoms. The van der Waals surface area contributed by atoms with E-state index in [4.69, 9.17) is 0 Å². The van der Waals surface area contributed by atoms with Crippen LogP contribution in [0.3, 0.4) is 0 Å². The molecule has 1 aromatic carbocycles. The monoisotopic (exact) mass is 465 g/mol. The van der Waals surface area contributed by atoms with Crippen LogP contribution in [0.1, 0.15) is 31.2 Å². The highest BCUT2D eigenvalue weighted by Crippen LogP contribution is 2.18. The Hall–Kier alpha value is -2.79. The molecule has 2 N–H and O–H groups in total. The summed E-state index contributed by atoms with van der Waals surface area (Å²) in [7, 11) is -2.16. The third-order valence-corrected chi connectivity index (χ3v) is 7.18. The number of halogens is 1. The topological polar surface area (TPSA) is 113 Å². The van der Waals surface area contributed by atoms with Crippen molar-refractivity contribution in [1.82, 2.24) is 24.5 Å². The van der Waals surface area contributed by atoms with Crippen molar-refractivity contribution in [3.63, 3.8) is 0 Å². The van der Waals surface area contributed by atoms with Gasteiger partial charge in [0.1, 0.15) is 5.82 Å². The lowest BCUT2D eigenvalue weighted by molar-refractivity contribution is -0.126. The number of benzene rings is 1. The van der Waals surface area contributed by atoms with E-state index in [9.17, 15) is 22.4 Å². The minimum absolute atomic E-state index is 0.0352. The quantitative estimate of drug-likeness (QED) is 0.688. The van der Waals surface area contributed by atoms with E-state index in [2.05, 4.69) is 15.6 Å². The number of nitrogens with zero attached hydrogens (tertiary/aromatic N) is 3. The molecule has 9 nitrogen and oxygen atoms in total. The Labute approximate surface area is 187 Å². The smallest absolute Gasteiger partial charge is 0.262 e. The summed E-state index contributed by atoms with van der Waals surface area (Å²) in [4.78, 5) is 28.8. The third-order valence-electron chi connectivity index (χ3n) is 5.40. The van der Waals surface area contributed by atoms with E-state index >= 15 is 0 Å². The van der Waals surface area contributed by atoms with Crippen molar-refractivity contribution in [3.05, 3.63) is 48.2 Å². The molecule has 1 fully saturated rings. The predicted molar refractivity (Wildman–Crippen MR) is 115 cm³/mol. The molecule has 2 heterocycles. The summed E-state index contributed by atoms with van der Waals surface area (Å²) >= 11 is 0. The van der Waals surface area contributed by atoms with Crippen molar-refractivity contribution < 1.29 is 22.4 Å². The molecular formula is C21H28FN5O4S. The lowest BCUT2D eigenvalue weighted by Gasteiger charge is -2.21. The van der Waals surface area contributed by atoms with Crippen molar-refractivity contribution in [3.8, 4) is 0 Å². The van der Waals surface area contributed by atoms with Crippen LogP contribution in [0.2, 0.25) is 0 Å². The highest BCUT2D eigenvalue weighted by atomic mass is 32.2. The van der Waals surface area contributed by atoms with Gasteiger partial charge in [-0.1, -0.05) is 12.1 Å². The molecule has 0 bridgehead atoms. The zero-order valence-electron chi connectivity index (χ0n) is 18.0. The number of aryl methyl sites for hydroxylation is 1. The van der Waals surface area contributed by atoms with Crippen LogP contribution in [0.5, 0.6) is 0 Å². The maximum Gasteiger partial charge on any atom is 0.262 e. The van der Waals surface area contributed by atoms with Gasteiger partial charge >= 0.3 is 0 Å². The van der Waals surface area contributed by atoms with E-state index in [1.807, 2.05) is 0 Å². The molecule has 2 amide bonds. The predicted octanol–water partition coefficient (Wildman–Crippen LogP) is 1.17. The van der Waals surface area contributed by atoms with E-state index < -0.39 is 10.0 Å². The first-order valence-electron chi connectivity index (χ1n) is 10.5. The maximum absolute atomic E-state index is 13.0. The number of aromatic nitrogens is 2. The van der Waals surface area contributed by atoms with Gasteiger partial charge in [0.2, 0.25) is 11.8 Å². The van der Waals surface area contributed by atoms with Gasteiger partial charge in [-0.3, -0.25) is 9.59 Å². The van der Waals surface area contributed by atoms with Crippen LogP contribution in [0.4, 0.5) is 4.39 Å². The maximum atomic E-state index is 13.0. The minimum Gasteiger partial charge on any atom is -0.356 e. The molecule has 1 aliphatic heterocycles. The van der Waals surface area contributed by atoms with Crippen molar-refractivity contribution in [2.24, 2.45) is 13.0 Å². The number of rotatable bonds is 5. The second kappa shape index (κ2) is 10.7. The molecule has 1 saturated heterocycles. The van der Waals surface area contributed by atoms with Crippen LogP contribution in [-0.2, 0) is 33.2 Å². The van der Waals surface area contributed by atoms with Crippen molar-refractivity contribution in [2.45, 2.75) is 37.3 Å². The number of imidazole rings is 1. The zero-order chi connectivity index (χ0) is 23.1. The van der Waals surface area contributed by atoms with Gasteiger partial charge in [-0.05, 0) is 37.0 Å². The van der Waals surface area contributed by atoms with Crippen LogP contribution in [0, 0.1) is 11.7 Å². The molecule has 0 saturated carbocycles. The Morgan fingerprint density at radius 1 is 1.25 bits per heavy atom. The Morgan fingerprint density at radius 2 is 2.00 bits per heavy atom. The standard InChI is InChI=1S/C21H28FN5O4S/c1-26-14-20(25-15-26)32(30,31)27-11-2-3-17(8-10-23-19(28)9-12-27)21(29)24-13-16-4-6-18(22)7-5-16/h4-7,14-15,17H,2-3,8-13H2,1H3,(H,23,28)(H,24,29). The lowest BCUT2D eigenvalue weighted by atomic mass is 9.98. The summed E-state index contributed by atoms with van der Waals surface area (Å²) in [5.74, 6) is -1.17. The highest BCUT2D eigenvalue weighted by molar-refractivity contribution is 7.89. The molecule has 1 unspecified atom stereocenters. The summed E-state index contributed by atoms with van der Waals surface area (Å²) in [5.41, 5.74) is 0.775. The first-order valence-corrected chi connectivity index (χ1v) is 12.0. The molecule has 174 valence electrons. The second-order valence-corrected chi connectivity index (χ2v) is 9.74. The minimum atomic E-state index is -3.84. The summed E-state index contributed by atoms with van der Waals surface area (Å²) in [6.07, 6.45) is 4.26. The van der Waals surface area contributed by atoms with Gasteiger partial charge in [0.15, 0.2) is 5.03 Å². The van der Waals surface area contributed by atoms with Gasteiger partial charge in [-0.15, -0.1) is 0 Å². The Balaban J connectivity index is 1.65.